The van der Waals surface area contributed by atoms with Gasteiger partial charge in [0.15, 0.2) is 0 Å². The lowest BCUT2D eigenvalue weighted by Gasteiger charge is -1.76. The maximum atomic E-state index is 8.71. The van der Waals surface area contributed by atoms with Crippen molar-refractivity contribution >= 4 is 14.3 Å². The number of rotatable bonds is 0. The third kappa shape index (κ3) is 0.570. The van der Waals surface area contributed by atoms with Crippen LogP contribution in [0, 0.1) is 0 Å². The molecule has 0 saturated heterocycles. The van der Waals surface area contributed by atoms with Crippen LogP contribution in [-0.4, -0.2) is 19.1 Å². The molecule has 0 fully saturated rings. The molecule has 32 valence electrons. The van der Waals surface area contributed by atoms with E-state index < -0.39 is 8.65 Å². The quantitative estimate of drug-likeness (QED) is 0.420. The van der Waals surface area contributed by atoms with Crippen molar-refractivity contribution in [3.8, 4) is 0 Å². The van der Waals surface area contributed by atoms with Gasteiger partial charge in [-0.3, -0.25) is 0 Å². The summed E-state index contributed by atoms with van der Waals surface area (Å²) in [7, 11) is -0.993. The van der Waals surface area contributed by atoms with E-state index in [2.05, 4.69) is 0 Å². The predicted octanol–water partition coefficient (Wildman–Crippen LogP) is -0.0761. The molecule has 0 aromatic heterocycles. The maximum absolute atomic E-state index is 8.71. The molecule has 0 saturated carbocycles. The molecule has 1 aliphatic rings. The van der Waals surface area contributed by atoms with Crippen molar-refractivity contribution in [1.29, 1.82) is 0 Å². The Balaban J connectivity index is 2.61. The van der Waals surface area contributed by atoms with E-state index in [0.717, 1.165) is 6.04 Å². The van der Waals surface area contributed by atoms with Crippen LogP contribution in [0.5, 0.6) is 0 Å². The lowest BCUT2D eigenvalue weighted by Crippen LogP contribution is -1.93. The van der Waals surface area contributed by atoms with Gasteiger partial charge in [0.2, 0.25) is 8.65 Å². The lowest BCUT2D eigenvalue weighted by atomic mass is 10.6. The second-order valence-electron chi connectivity index (χ2n) is 1.29. The van der Waals surface area contributed by atoms with Crippen LogP contribution in [0.4, 0.5) is 0 Å². The zero-order chi connectivity index (χ0) is 4.41. The third-order valence-corrected chi connectivity index (χ3v) is 1.98. The Morgan fingerprint density at radius 3 is 2.67 bits per heavy atom. The minimum Gasteiger partial charge on any atom is -0.565 e. The molecule has 0 amide bonds. The second-order valence-corrected chi connectivity index (χ2v) is 3.01. The standard InChI is InChI=1S/C4H6OSi/c5-6-3-1-2-4-6/h1-3,5H,4H2. The van der Waals surface area contributed by atoms with Gasteiger partial charge in [-0.25, -0.2) is 0 Å². The fraction of sp³-hybridized carbons (Fsp3) is 0.250. The van der Waals surface area contributed by atoms with E-state index in [-0.39, 0.29) is 0 Å². The average Bonchev–Trinajstić information content (AvgIpc) is 1.86. The van der Waals surface area contributed by atoms with Crippen molar-refractivity contribution in [3.63, 3.8) is 0 Å². The van der Waals surface area contributed by atoms with Gasteiger partial charge >= 0.3 is 0 Å². The molecule has 0 radical (unpaired) electrons. The highest BCUT2D eigenvalue weighted by Crippen LogP contribution is 1.88. The number of hydrogen-bond donors (Lipinski definition) is 1. The van der Waals surface area contributed by atoms with Crippen molar-refractivity contribution in [2.24, 2.45) is 0 Å². The van der Waals surface area contributed by atoms with E-state index in [1.807, 2.05) is 17.8 Å². The van der Waals surface area contributed by atoms with E-state index in [0.29, 0.717) is 0 Å². The summed E-state index contributed by atoms with van der Waals surface area (Å²) < 4.78 is 0. The zero-order valence-corrected chi connectivity index (χ0v) is 4.39. The van der Waals surface area contributed by atoms with E-state index in [4.69, 9.17) is 4.80 Å². The van der Waals surface area contributed by atoms with Crippen LogP contribution in [0.15, 0.2) is 12.2 Å². The van der Waals surface area contributed by atoms with Gasteiger partial charge in [0.1, 0.15) is 0 Å². The summed E-state index contributed by atoms with van der Waals surface area (Å²) in [5.74, 6) is 0. The molecule has 0 spiro atoms. The SMILES string of the molecule is O[Si]1=CC=CC1. The van der Waals surface area contributed by atoms with Gasteiger partial charge in [0.25, 0.3) is 0 Å². The van der Waals surface area contributed by atoms with E-state index >= 15 is 0 Å². The highest BCUT2D eigenvalue weighted by molar-refractivity contribution is 6.62. The fourth-order valence-corrected chi connectivity index (χ4v) is 1.31. The molecule has 1 nitrogen and oxygen atoms in total. The highest BCUT2D eigenvalue weighted by Gasteiger charge is 1.92. The molecule has 1 N–H and O–H groups in total. The van der Waals surface area contributed by atoms with Crippen LogP contribution in [0.2, 0.25) is 6.04 Å². The van der Waals surface area contributed by atoms with Crippen LogP contribution in [0.25, 0.3) is 0 Å². The first-order valence-corrected chi connectivity index (χ1v) is 3.67. The first kappa shape index (κ1) is 3.80. The first-order chi connectivity index (χ1) is 2.89. The van der Waals surface area contributed by atoms with Gasteiger partial charge in [-0.1, -0.05) is 12.2 Å². The summed E-state index contributed by atoms with van der Waals surface area (Å²) in [5, 5.41) is 0. The van der Waals surface area contributed by atoms with Crippen LogP contribution >= 0.6 is 0 Å². The van der Waals surface area contributed by atoms with E-state index in [1.54, 1.807) is 0 Å². The second kappa shape index (κ2) is 1.39. The van der Waals surface area contributed by atoms with Crippen LogP contribution < -0.4 is 0 Å². The predicted molar refractivity (Wildman–Crippen MR) is 28.0 cm³/mol. The smallest absolute Gasteiger partial charge is 0.232 e. The molecule has 1 rings (SSSR count). The molecule has 0 aromatic rings. The molecular formula is C4H6OSi. The van der Waals surface area contributed by atoms with Crippen molar-refractivity contribution in [2.75, 3.05) is 0 Å². The molecule has 0 atom stereocenters. The Morgan fingerprint density at radius 2 is 2.50 bits per heavy atom. The van der Waals surface area contributed by atoms with Crippen LogP contribution in [-0.2, 0) is 0 Å². The van der Waals surface area contributed by atoms with E-state index in [1.165, 1.54) is 0 Å². The molecule has 0 aliphatic carbocycles. The monoisotopic (exact) mass is 98.0 g/mol. The maximum Gasteiger partial charge on any atom is 0.232 e. The Morgan fingerprint density at radius 1 is 1.67 bits per heavy atom. The summed E-state index contributed by atoms with van der Waals surface area (Å²) in [6, 6.07) is 0.907. The van der Waals surface area contributed by atoms with Gasteiger partial charge in [-0.2, -0.15) is 0 Å². The van der Waals surface area contributed by atoms with Crippen molar-refractivity contribution in [1.82, 2.24) is 0 Å². The minimum atomic E-state index is -0.993. The van der Waals surface area contributed by atoms with Crippen molar-refractivity contribution < 1.29 is 4.80 Å². The Hall–Kier alpha value is -0.373. The van der Waals surface area contributed by atoms with Crippen LogP contribution in [0.3, 0.4) is 0 Å². The average molecular weight is 98.2 g/mol. The Bertz CT molecular complexity index is 104. The summed E-state index contributed by atoms with van der Waals surface area (Å²) in [5.41, 5.74) is 1.88. The lowest BCUT2D eigenvalue weighted by molar-refractivity contribution is 0.600. The number of hydrogen-bond acceptors (Lipinski definition) is 1. The number of allylic oxidation sites excluding steroid dienone is 2. The molecule has 0 unspecified atom stereocenters. The highest BCUT2D eigenvalue weighted by atomic mass is 28.3. The van der Waals surface area contributed by atoms with Gasteiger partial charge in [-0.05, 0) is 5.67 Å². The molecular weight excluding hydrogens is 92.1 g/mol. The summed E-state index contributed by atoms with van der Waals surface area (Å²) in [6.07, 6.45) is 3.92. The van der Waals surface area contributed by atoms with Gasteiger partial charge in [0.05, 0.1) is 0 Å². The van der Waals surface area contributed by atoms with Crippen molar-refractivity contribution in [3.05, 3.63) is 12.2 Å². The van der Waals surface area contributed by atoms with Crippen molar-refractivity contribution in [2.45, 2.75) is 6.04 Å². The summed E-state index contributed by atoms with van der Waals surface area (Å²) in [6.45, 7) is 0. The van der Waals surface area contributed by atoms with Gasteiger partial charge in [-0.15, -0.1) is 0 Å². The van der Waals surface area contributed by atoms with E-state index in [9.17, 15) is 0 Å². The van der Waals surface area contributed by atoms with Crippen LogP contribution in [0.1, 0.15) is 0 Å². The normalized spacial score (nSPS) is 18.3. The topological polar surface area (TPSA) is 20.2 Å². The molecule has 1 aliphatic heterocycles. The summed E-state index contributed by atoms with van der Waals surface area (Å²) in [4.78, 5) is 8.71. The molecule has 0 aromatic carbocycles. The third-order valence-electron chi connectivity index (χ3n) is 0.752. The van der Waals surface area contributed by atoms with Gasteiger partial charge in [0, 0.05) is 6.04 Å². The summed E-state index contributed by atoms with van der Waals surface area (Å²) >= 11 is 0. The minimum absolute atomic E-state index is 0.907. The molecule has 1 heterocycles. The van der Waals surface area contributed by atoms with Gasteiger partial charge < -0.3 is 4.80 Å². The first-order valence-electron chi connectivity index (χ1n) is 1.94. The Kier molecular flexibility index (Phi) is 0.879. The molecule has 0 bridgehead atoms. The largest absolute Gasteiger partial charge is 0.565 e. The fourth-order valence-electron chi connectivity index (χ4n) is 0.436. The molecule has 6 heavy (non-hydrogen) atoms. The Labute approximate surface area is 38.3 Å². The molecule has 2 heteroatoms. The zero-order valence-electron chi connectivity index (χ0n) is 3.39.